The molecule has 1 amide bonds. The second kappa shape index (κ2) is 11.1. The third-order valence-corrected chi connectivity index (χ3v) is 3.65. The van der Waals surface area contributed by atoms with Crippen LogP contribution < -0.4 is 15.8 Å². The number of amides is 1. The number of carbonyl (C=O) groups excluding carboxylic acids is 1. The Labute approximate surface area is 139 Å². The van der Waals surface area contributed by atoms with Gasteiger partial charge in [-0.05, 0) is 24.6 Å². The number of hydrogen-bond donors (Lipinski definition) is 2. The standard InChI is InChI=1S/C13H19N3O4S.ClH/c1-20-12-4-3-10(7-11(12)16(18)19)8-21-9-13(17)15-6-2-5-14;/h3-4,7H,2,5-6,8-9,14H2,1H3,(H,15,17);1H. The number of nitrogens with two attached hydrogens (primary N) is 1. The quantitative estimate of drug-likeness (QED) is 0.399. The molecular formula is C13H20ClN3O4S. The van der Waals surface area contributed by atoms with E-state index in [0.29, 0.717) is 24.6 Å². The van der Waals surface area contributed by atoms with E-state index in [0.717, 1.165) is 12.0 Å². The van der Waals surface area contributed by atoms with Crippen LogP contribution in [0.1, 0.15) is 12.0 Å². The van der Waals surface area contributed by atoms with Gasteiger partial charge in [0, 0.05) is 18.4 Å². The van der Waals surface area contributed by atoms with Crippen LogP contribution in [0.4, 0.5) is 5.69 Å². The summed E-state index contributed by atoms with van der Waals surface area (Å²) in [6.07, 6.45) is 0.751. The first-order valence-corrected chi connectivity index (χ1v) is 7.59. The SMILES string of the molecule is COc1ccc(CSCC(=O)NCCCN)cc1[N+](=O)[O-].Cl. The van der Waals surface area contributed by atoms with Crippen molar-refractivity contribution in [1.29, 1.82) is 0 Å². The first-order chi connectivity index (χ1) is 10.1. The van der Waals surface area contributed by atoms with Gasteiger partial charge in [0.1, 0.15) is 0 Å². The molecule has 0 aliphatic heterocycles. The number of thioether (sulfide) groups is 1. The minimum atomic E-state index is -0.480. The molecule has 0 heterocycles. The average molecular weight is 350 g/mol. The van der Waals surface area contributed by atoms with E-state index in [9.17, 15) is 14.9 Å². The number of rotatable bonds is 9. The van der Waals surface area contributed by atoms with Crippen LogP contribution in [-0.4, -0.2) is 36.8 Å². The highest BCUT2D eigenvalue weighted by Crippen LogP contribution is 2.28. The van der Waals surface area contributed by atoms with E-state index in [-0.39, 0.29) is 29.8 Å². The van der Waals surface area contributed by atoms with Gasteiger partial charge >= 0.3 is 5.69 Å². The summed E-state index contributed by atoms with van der Waals surface area (Å²) in [5, 5.41) is 13.7. The molecule has 22 heavy (non-hydrogen) atoms. The first kappa shape index (κ1) is 20.5. The number of benzene rings is 1. The van der Waals surface area contributed by atoms with E-state index in [1.165, 1.54) is 24.9 Å². The van der Waals surface area contributed by atoms with Crippen LogP contribution in [-0.2, 0) is 10.5 Å². The van der Waals surface area contributed by atoms with Crippen molar-refractivity contribution in [3.8, 4) is 5.75 Å². The molecule has 7 nitrogen and oxygen atoms in total. The highest BCUT2D eigenvalue weighted by Gasteiger charge is 2.15. The number of nitrogens with zero attached hydrogens (tertiary/aromatic N) is 1. The Bertz CT molecular complexity index is 502. The van der Waals surface area contributed by atoms with E-state index in [4.69, 9.17) is 10.5 Å². The summed E-state index contributed by atoms with van der Waals surface area (Å²) in [4.78, 5) is 21.9. The van der Waals surface area contributed by atoms with Crippen molar-refractivity contribution in [2.24, 2.45) is 5.73 Å². The summed E-state index contributed by atoms with van der Waals surface area (Å²) >= 11 is 1.40. The van der Waals surface area contributed by atoms with Crippen LogP contribution in [0.5, 0.6) is 5.75 Å². The highest BCUT2D eigenvalue weighted by atomic mass is 35.5. The summed E-state index contributed by atoms with van der Waals surface area (Å²) < 4.78 is 4.94. The Morgan fingerprint density at radius 2 is 2.23 bits per heavy atom. The molecule has 124 valence electrons. The third-order valence-electron chi connectivity index (χ3n) is 2.64. The minimum absolute atomic E-state index is 0. The van der Waals surface area contributed by atoms with Crippen molar-refractivity contribution < 1.29 is 14.5 Å². The van der Waals surface area contributed by atoms with Gasteiger partial charge in [-0.15, -0.1) is 24.2 Å². The maximum absolute atomic E-state index is 11.5. The maximum Gasteiger partial charge on any atom is 0.311 e. The molecule has 3 N–H and O–H groups in total. The zero-order chi connectivity index (χ0) is 15.7. The lowest BCUT2D eigenvalue weighted by atomic mass is 10.2. The molecule has 0 radical (unpaired) electrons. The number of hydrogen-bond acceptors (Lipinski definition) is 6. The predicted molar refractivity (Wildman–Crippen MR) is 89.7 cm³/mol. The van der Waals surface area contributed by atoms with Gasteiger partial charge in [-0.25, -0.2) is 0 Å². The average Bonchev–Trinajstić information content (AvgIpc) is 2.47. The topological polar surface area (TPSA) is 107 Å². The van der Waals surface area contributed by atoms with Gasteiger partial charge < -0.3 is 15.8 Å². The van der Waals surface area contributed by atoms with Gasteiger partial charge in [0.15, 0.2) is 5.75 Å². The van der Waals surface area contributed by atoms with Crippen molar-refractivity contribution in [3.63, 3.8) is 0 Å². The van der Waals surface area contributed by atoms with Crippen LogP contribution in [0, 0.1) is 10.1 Å². The molecule has 0 aromatic heterocycles. The fourth-order valence-electron chi connectivity index (χ4n) is 1.61. The number of nitro benzene ring substituents is 1. The van der Waals surface area contributed by atoms with Gasteiger partial charge in [0.2, 0.25) is 5.91 Å². The second-order valence-electron chi connectivity index (χ2n) is 4.25. The Kier molecular flexibility index (Phi) is 10.3. The molecule has 0 unspecified atom stereocenters. The normalized spacial score (nSPS) is 9.73. The van der Waals surface area contributed by atoms with Gasteiger partial charge in [0.05, 0.1) is 17.8 Å². The summed E-state index contributed by atoms with van der Waals surface area (Å²) in [7, 11) is 1.39. The number of ether oxygens (including phenoxy) is 1. The molecule has 0 saturated carbocycles. The van der Waals surface area contributed by atoms with Gasteiger partial charge in [0.25, 0.3) is 0 Å². The summed E-state index contributed by atoms with van der Waals surface area (Å²) in [6.45, 7) is 1.12. The highest BCUT2D eigenvalue weighted by molar-refractivity contribution is 7.99. The molecule has 0 bridgehead atoms. The first-order valence-electron chi connectivity index (χ1n) is 6.44. The lowest BCUT2D eigenvalue weighted by Crippen LogP contribution is -2.27. The maximum atomic E-state index is 11.5. The van der Waals surface area contributed by atoms with Crippen molar-refractivity contribution in [2.75, 3.05) is 26.0 Å². The molecule has 1 aromatic rings. The number of carbonyl (C=O) groups is 1. The molecule has 1 aromatic carbocycles. The Hall–Kier alpha value is -1.51. The Morgan fingerprint density at radius 1 is 1.50 bits per heavy atom. The fourth-order valence-corrected chi connectivity index (χ4v) is 2.42. The molecule has 0 atom stereocenters. The zero-order valence-electron chi connectivity index (χ0n) is 12.2. The molecule has 0 spiro atoms. The lowest BCUT2D eigenvalue weighted by molar-refractivity contribution is -0.385. The predicted octanol–water partition coefficient (Wildman–Crippen LogP) is 1.72. The van der Waals surface area contributed by atoms with E-state index >= 15 is 0 Å². The second-order valence-corrected chi connectivity index (χ2v) is 5.23. The molecule has 0 saturated heterocycles. The van der Waals surface area contributed by atoms with Crippen LogP contribution in [0.2, 0.25) is 0 Å². The van der Waals surface area contributed by atoms with Crippen molar-refractivity contribution in [2.45, 2.75) is 12.2 Å². The molecule has 0 aliphatic carbocycles. The van der Waals surface area contributed by atoms with E-state index in [1.807, 2.05) is 0 Å². The number of halogens is 1. The molecule has 0 fully saturated rings. The largest absolute Gasteiger partial charge is 0.490 e. The Morgan fingerprint density at radius 3 is 2.82 bits per heavy atom. The van der Waals surface area contributed by atoms with E-state index in [2.05, 4.69) is 5.32 Å². The molecule has 9 heteroatoms. The van der Waals surface area contributed by atoms with Crippen LogP contribution in [0.25, 0.3) is 0 Å². The van der Waals surface area contributed by atoms with Crippen LogP contribution >= 0.6 is 24.2 Å². The van der Waals surface area contributed by atoms with E-state index in [1.54, 1.807) is 12.1 Å². The zero-order valence-corrected chi connectivity index (χ0v) is 13.9. The lowest BCUT2D eigenvalue weighted by Gasteiger charge is -2.06. The molecule has 1 rings (SSSR count). The number of nitro groups is 1. The Balaban J connectivity index is 0.00000441. The van der Waals surface area contributed by atoms with Crippen LogP contribution in [0.15, 0.2) is 18.2 Å². The number of nitrogens with one attached hydrogen (secondary N) is 1. The van der Waals surface area contributed by atoms with Gasteiger partial charge in [-0.1, -0.05) is 6.07 Å². The van der Waals surface area contributed by atoms with E-state index < -0.39 is 4.92 Å². The summed E-state index contributed by atoms with van der Waals surface area (Å²) in [6, 6.07) is 4.79. The fraction of sp³-hybridized carbons (Fsp3) is 0.462. The van der Waals surface area contributed by atoms with Crippen molar-refractivity contribution >= 4 is 35.8 Å². The third kappa shape index (κ3) is 6.97. The molecular weight excluding hydrogens is 330 g/mol. The monoisotopic (exact) mass is 349 g/mol. The summed E-state index contributed by atoms with van der Waals surface area (Å²) in [5.41, 5.74) is 6.04. The summed E-state index contributed by atoms with van der Waals surface area (Å²) in [5.74, 6) is 1.00. The van der Waals surface area contributed by atoms with Gasteiger partial charge in [-0.3, -0.25) is 14.9 Å². The van der Waals surface area contributed by atoms with Gasteiger partial charge in [-0.2, -0.15) is 0 Å². The van der Waals surface area contributed by atoms with Crippen molar-refractivity contribution in [1.82, 2.24) is 5.32 Å². The van der Waals surface area contributed by atoms with Crippen molar-refractivity contribution in [3.05, 3.63) is 33.9 Å². The number of methoxy groups -OCH3 is 1. The smallest absolute Gasteiger partial charge is 0.311 e. The minimum Gasteiger partial charge on any atom is -0.490 e. The molecule has 0 aliphatic rings. The van der Waals surface area contributed by atoms with Crippen LogP contribution in [0.3, 0.4) is 0 Å².